The van der Waals surface area contributed by atoms with Gasteiger partial charge in [-0.15, -0.1) is 0 Å². The van der Waals surface area contributed by atoms with Gasteiger partial charge >= 0.3 is 0 Å². The van der Waals surface area contributed by atoms with E-state index in [-0.39, 0.29) is 0 Å². The zero-order valence-corrected chi connectivity index (χ0v) is 27.4. The summed E-state index contributed by atoms with van der Waals surface area (Å²) in [7, 11) is 0. The van der Waals surface area contributed by atoms with Crippen molar-refractivity contribution in [2.75, 3.05) is 0 Å². The van der Waals surface area contributed by atoms with E-state index in [0.717, 1.165) is 5.69 Å². The topological polar surface area (TPSA) is 9.86 Å². The van der Waals surface area contributed by atoms with Gasteiger partial charge in [-0.3, -0.25) is 0 Å². The molecule has 0 bridgehead atoms. The van der Waals surface area contributed by atoms with Gasteiger partial charge in [0.25, 0.3) is 0 Å². The highest BCUT2D eigenvalue weighted by Crippen LogP contribution is 2.43. The van der Waals surface area contributed by atoms with Crippen LogP contribution in [0.4, 0.5) is 0 Å². The Labute approximate surface area is 290 Å². The van der Waals surface area contributed by atoms with E-state index in [4.69, 9.17) is 0 Å². The van der Waals surface area contributed by atoms with Gasteiger partial charge in [-0.1, -0.05) is 158 Å². The summed E-state index contributed by atoms with van der Waals surface area (Å²) < 4.78 is 4.93. The Morgan fingerprint density at radius 3 is 1.36 bits per heavy atom. The van der Waals surface area contributed by atoms with Gasteiger partial charge in [0.15, 0.2) is 0 Å². The minimum atomic E-state index is 1.14. The molecule has 0 spiro atoms. The van der Waals surface area contributed by atoms with E-state index in [1.807, 2.05) is 0 Å². The first-order valence-corrected chi connectivity index (χ1v) is 17.2. The quantitative estimate of drug-likeness (QED) is 0.178. The molecule has 0 aliphatic heterocycles. The molecule has 10 aromatic rings. The molecule has 8 aromatic carbocycles. The standard InChI is InChI=1S/C48H32N2/c1-4-15-33(16-5-1)36-27-30-46-43(31-36)42-29-28-37(49-44-25-12-10-21-40(44)41-22-11-13-26-45(41)49)32-47(42)50(46)48-38(34-17-6-2-7-18-34)23-14-24-39(48)35-19-8-3-9-20-35/h1-32H. The summed E-state index contributed by atoms with van der Waals surface area (Å²) in [5.74, 6) is 0. The molecule has 2 aromatic heterocycles. The minimum absolute atomic E-state index is 1.14. The first-order chi connectivity index (χ1) is 24.8. The third-order valence-electron chi connectivity index (χ3n) is 10.1. The number of nitrogens with zero attached hydrogens (tertiary/aromatic N) is 2. The lowest BCUT2D eigenvalue weighted by molar-refractivity contribution is 1.16. The molecule has 0 fully saturated rings. The Balaban J connectivity index is 1.35. The van der Waals surface area contributed by atoms with E-state index in [2.05, 4.69) is 203 Å². The fourth-order valence-corrected chi connectivity index (χ4v) is 7.89. The van der Waals surface area contributed by atoms with Gasteiger partial charge in [0.1, 0.15) is 0 Å². The van der Waals surface area contributed by atoms with Crippen molar-refractivity contribution in [2.24, 2.45) is 0 Å². The molecular formula is C48H32N2. The average molecular weight is 637 g/mol. The van der Waals surface area contributed by atoms with Crippen LogP contribution < -0.4 is 0 Å². The number of hydrogen-bond acceptors (Lipinski definition) is 0. The predicted octanol–water partition coefficient (Wildman–Crippen LogP) is 12.9. The van der Waals surface area contributed by atoms with Crippen LogP contribution in [-0.2, 0) is 0 Å². The van der Waals surface area contributed by atoms with E-state index in [0.29, 0.717) is 0 Å². The molecular weight excluding hydrogens is 605 g/mol. The molecule has 2 heteroatoms. The molecule has 234 valence electrons. The summed E-state index contributed by atoms with van der Waals surface area (Å²) in [6.07, 6.45) is 0. The van der Waals surface area contributed by atoms with Crippen LogP contribution in [0.15, 0.2) is 194 Å². The van der Waals surface area contributed by atoms with E-state index in [1.165, 1.54) is 82.7 Å². The Kier molecular flexibility index (Phi) is 6.53. The highest BCUT2D eigenvalue weighted by Gasteiger charge is 2.21. The molecule has 2 heterocycles. The zero-order chi connectivity index (χ0) is 33.0. The van der Waals surface area contributed by atoms with E-state index in [9.17, 15) is 0 Å². The van der Waals surface area contributed by atoms with Crippen molar-refractivity contribution >= 4 is 43.6 Å². The monoisotopic (exact) mass is 636 g/mol. The summed E-state index contributed by atoms with van der Waals surface area (Å²) in [5, 5.41) is 4.98. The van der Waals surface area contributed by atoms with Crippen LogP contribution in [0, 0.1) is 0 Å². The zero-order valence-electron chi connectivity index (χ0n) is 27.4. The molecule has 0 atom stereocenters. The molecule has 0 radical (unpaired) electrons. The molecule has 2 nitrogen and oxygen atoms in total. The predicted molar refractivity (Wildman–Crippen MR) is 211 cm³/mol. The van der Waals surface area contributed by atoms with Crippen LogP contribution in [0.3, 0.4) is 0 Å². The van der Waals surface area contributed by atoms with Gasteiger partial charge in [0, 0.05) is 38.4 Å². The van der Waals surface area contributed by atoms with Crippen molar-refractivity contribution in [3.8, 4) is 44.8 Å². The SMILES string of the molecule is c1ccc(-c2ccc3c(c2)c2ccc(-n4c5ccccc5c5ccccc54)cc2n3-c2c(-c3ccccc3)cccc2-c2ccccc2)cc1. The van der Waals surface area contributed by atoms with Crippen LogP contribution in [0.25, 0.3) is 88.4 Å². The highest BCUT2D eigenvalue weighted by atomic mass is 15.0. The molecule has 10 rings (SSSR count). The molecule has 0 aliphatic rings. The fourth-order valence-electron chi connectivity index (χ4n) is 7.89. The molecule has 50 heavy (non-hydrogen) atoms. The molecule has 0 aliphatic carbocycles. The van der Waals surface area contributed by atoms with E-state index < -0.39 is 0 Å². The summed E-state index contributed by atoms with van der Waals surface area (Å²) in [6.45, 7) is 0. The van der Waals surface area contributed by atoms with Crippen LogP contribution in [0.1, 0.15) is 0 Å². The maximum Gasteiger partial charge on any atom is 0.0618 e. The number of hydrogen-bond donors (Lipinski definition) is 0. The van der Waals surface area contributed by atoms with Gasteiger partial charge in [0.05, 0.1) is 27.8 Å². The summed E-state index contributed by atoms with van der Waals surface area (Å²) >= 11 is 0. The van der Waals surface area contributed by atoms with Crippen molar-refractivity contribution in [3.05, 3.63) is 194 Å². The molecule has 0 unspecified atom stereocenters. The lowest BCUT2D eigenvalue weighted by atomic mass is 9.95. The second-order valence-electron chi connectivity index (χ2n) is 12.9. The lowest BCUT2D eigenvalue weighted by Crippen LogP contribution is -2.01. The summed E-state index contributed by atoms with van der Waals surface area (Å²) in [4.78, 5) is 0. The maximum atomic E-state index is 2.52. The third kappa shape index (κ3) is 4.43. The van der Waals surface area contributed by atoms with Crippen molar-refractivity contribution in [1.82, 2.24) is 9.13 Å². The minimum Gasteiger partial charge on any atom is -0.309 e. The molecule has 0 N–H and O–H groups in total. The first kappa shape index (κ1) is 28.4. The second-order valence-corrected chi connectivity index (χ2v) is 12.9. The van der Waals surface area contributed by atoms with Gasteiger partial charge in [-0.25, -0.2) is 0 Å². The highest BCUT2D eigenvalue weighted by molar-refractivity contribution is 6.13. The number of rotatable bonds is 5. The van der Waals surface area contributed by atoms with Crippen molar-refractivity contribution in [2.45, 2.75) is 0 Å². The lowest BCUT2D eigenvalue weighted by Gasteiger charge is -2.19. The summed E-state index contributed by atoms with van der Waals surface area (Å²) in [5.41, 5.74) is 14.3. The third-order valence-corrected chi connectivity index (χ3v) is 10.1. The van der Waals surface area contributed by atoms with Gasteiger partial charge in [-0.05, 0) is 58.7 Å². The summed E-state index contributed by atoms with van der Waals surface area (Å²) in [6, 6.07) is 70.5. The Morgan fingerprint density at radius 1 is 0.260 bits per heavy atom. The smallest absolute Gasteiger partial charge is 0.0618 e. The Bertz CT molecular complexity index is 2730. The van der Waals surface area contributed by atoms with E-state index >= 15 is 0 Å². The fraction of sp³-hybridized carbons (Fsp3) is 0. The van der Waals surface area contributed by atoms with Crippen molar-refractivity contribution in [3.63, 3.8) is 0 Å². The average Bonchev–Trinajstić information content (AvgIpc) is 3.70. The maximum absolute atomic E-state index is 2.52. The van der Waals surface area contributed by atoms with Gasteiger partial charge in [0.2, 0.25) is 0 Å². The first-order valence-electron chi connectivity index (χ1n) is 17.2. The van der Waals surface area contributed by atoms with Gasteiger partial charge in [-0.2, -0.15) is 0 Å². The molecule has 0 saturated carbocycles. The number of benzene rings is 8. The van der Waals surface area contributed by atoms with Crippen LogP contribution in [0.2, 0.25) is 0 Å². The number of fused-ring (bicyclic) bond motifs is 6. The van der Waals surface area contributed by atoms with Crippen molar-refractivity contribution < 1.29 is 0 Å². The molecule has 0 saturated heterocycles. The van der Waals surface area contributed by atoms with Crippen molar-refractivity contribution in [1.29, 1.82) is 0 Å². The second kappa shape index (κ2) is 11.5. The Morgan fingerprint density at radius 2 is 0.760 bits per heavy atom. The van der Waals surface area contributed by atoms with Crippen LogP contribution in [0.5, 0.6) is 0 Å². The van der Waals surface area contributed by atoms with Gasteiger partial charge < -0.3 is 9.13 Å². The molecule has 0 amide bonds. The largest absolute Gasteiger partial charge is 0.309 e. The normalized spacial score (nSPS) is 11.6. The number of aromatic nitrogens is 2. The van der Waals surface area contributed by atoms with Crippen LogP contribution >= 0.6 is 0 Å². The number of para-hydroxylation sites is 3. The van der Waals surface area contributed by atoms with E-state index in [1.54, 1.807) is 0 Å². The Hall–Kier alpha value is -6.64. The van der Waals surface area contributed by atoms with Crippen LogP contribution in [-0.4, -0.2) is 9.13 Å².